The van der Waals surface area contributed by atoms with E-state index in [0.717, 1.165) is 5.56 Å². The highest BCUT2D eigenvalue weighted by Gasteiger charge is 2.37. The molecule has 0 saturated carbocycles. The van der Waals surface area contributed by atoms with Crippen LogP contribution in [0, 0.1) is 18.8 Å². The lowest BCUT2D eigenvalue weighted by Gasteiger charge is -2.41. The summed E-state index contributed by atoms with van der Waals surface area (Å²) in [5, 5.41) is 9.53. The maximum Gasteiger partial charge on any atom is 0.306 e. The number of carboxylic acids is 1. The number of ether oxygens (including phenoxy) is 1. The quantitative estimate of drug-likeness (QED) is 0.905. The lowest BCUT2D eigenvalue weighted by molar-refractivity contribution is -0.151. The summed E-state index contributed by atoms with van der Waals surface area (Å²) in [6, 6.07) is 5.22. The van der Waals surface area contributed by atoms with E-state index in [-0.39, 0.29) is 18.4 Å². The Kier molecular flexibility index (Phi) is 4.73. The highest BCUT2D eigenvalue weighted by atomic mass is 35.5. The summed E-state index contributed by atoms with van der Waals surface area (Å²) in [5.41, 5.74) is 0.872. The van der Waals surface area contributed by atoms with Gasteiger partial charge in [0, 0.05) is 24.0 Å². The van der Waals surface area contributed by atoms with Gasteiger partial charge < -0.3 is 14.7 Å². The zero-order valence-electron chi connectivity index (χ0n) is 12.0. The molecule has 0 aliphatic carbocycles. The smallest absolute Gasteiger partial charge is 0.306 e. The summed E-state index contributed by atoms with van der Waals surface area (Å²) in [5.74, 6) is -0.709. The van der Waals surface area contributed by atoms with Crippen molar-refractivity contribution >= 4 is 23.5 Å². The topological polar surface area (TPSA) is 66.8 Å². The highest BCUT2D eigenvalue weighted by molar-refractivity contribution is 6.30. The van der Waals surface area contributed by atoms with Gasteiger partial charge in [-0.15, -0.1) is 0 Å². The first-order valence-electron chi connectivity index (χ1n) is 6.78. The van der Waals surface area contributed by atoms with Gasteiger partial charge in [-0.3, -0.25) is 9.59 Å². The van der Waals surface area contributed by atoms with E-state index in [0.29, 0.717) is 23.9 Å². The average Bonchev–Trinajstić information content (AvgIpc) is 2.35. The molecule has 0 spiro atoms. The van der Waals surface area contributed by atoms with E-state index in [2.05, 4.69) is 0 Å². The van der Waals surface area contributed by atoms with E-state index in [4.69, 9.17) is 21.4 Å². The second kappa shape index (κ2) is 6.35. The molecular formula is C15H18ClNO4. The number of aliphatic carboxylic acids is 1. The van der Waals surface area contributed by atoms with E-state index in [9.17, 15) is 9.59 Å². The molecule has 1 aliphatic heterocycles. The number of carbonyl (C=O) groups excluding carboxylic acids is 1. The van der Waals surface area contributed by atoms with Crippen LogP contribution in [0.15, 0.2) is 18.2 Å². The number of nitrogens with zero attached hydrogens (tertiary/aromatic N) is 1. The minimum Gasteiger partial charge on any atom is -0.483 e. The molecule has 21 heavy (non-hydrogen) atoms. The van der Waals surface area contributed by atoms with Crippen molar-refractivity contribution in [3.8, 4) is 5.75 Å². The normalized spacial score (nSPS) is 16.2. The van der Waals surface area contributed by atoms with Gasteiger partial charge in [-0.05, 0) is 30.7 Å². The number of benzene rings is 1. The van der Waals surface area contributed by atoms with Crippen molar-refractivity contribution in [2.45, 2.75) is 13.8 Å². The van der Waals surface area contributed by atoms with E-state index in [1.54, 1.807) is 30.0 Å². The zero-order chi connectivity index (χ0) is 15.6. The van der Waals surface area contributed by atoms with Crippen LogP contribution in [-0.4, -0.2) is 41.6 Å². The molecule has 1 fully saturated rings. The molecule has 1 aromatic carbocycles. The Labute approximate surface area is 128 Å². The standard InChI is InChI=1S/C15H18ClNO4/c1-9-5-12(16)3-4-13(9)21-8-14(18)17-6-11(7-17)10(2)15(19)20/h3-5,10-11H,6-8H2,1-2H3,(H,19,20). The van der Waals surface area contributed by atoms with Crippen LogP contribution >= 0.6 is 11.6 Å². The first-order valence-corrected chi connectivity index (χ1v) is 7.16. The molecule has 5 nitrogen and oxygen atoms in total. The zero-order valence-corrected chi connectivity index (χ0v) is 12.8. The molecule has 1 amide bonds. The predicted molar refractivity (Wildman–Crippen MR) is 78.6 cm³/mol. The molecule has 1 aliphatic rings. The van der Waals surface area contributed by atoms with Crippen molar-refractivity contribution in [1.82, 2.24) is 4.90 Å². The molecule has 114 valence electrons. The molecule has 1 unspecified atom stereocenters. The van der Waals surface area contributed by atoms with Crippen LogP contribution in [0.3, 0.4) is 0 Å². The third-order valence-electron chi connectivity index (χ3n) is 3.85. The molecular weight excluding hydrogens is 294 g/mol. The maximum absolute atomic E-state index is 11.9. The Morgan fingerprint density at radius 1 is 1.48 bits per heavy atom. The maximum atomic E-state index is 11.9. The summed E-state index contributed by atoms with van der Waals surface area (Å²) in [6.45, 7) is 4.45. The minimum absolute atomic E-state index is 0.0312. The molecule has 1 saturated heterocycles. The van der Waals surface area contributed by atoms with Crippen molar-refractivity contribution in [2.24, 2.45) is 11.8 Å². The first-order chi connectivity index (χ1) is 9.88. The lowest BCUT2D eigenvalue weighted by atomic mass is 9.87. The number of aryl methyl sites for hydroxylation is 1. The van der Waals surface area contributed by atoms with Gasteiger partial charge in [0.15, 0.2) is 6.61 Å². The van der Waals surface area contributed by atoms with Gasteiger partial charge in [0.1, 0.15) is 5.75 Å². The number of carboxylic acid groups (broad SMARTS) is 1. The predicted octanol–water partition coefficient (Wildman–Crippen LogP) is 2.21. The van der Waals surface area contributed by atoms with Crippen molar-refractivity contribution in [3.05, 3.63) is 28.8 Å². The Balaban J connectivity index is 1.80. The van der Waals surface area contributed by atoms with Gasteiger partial charge in [-0.2, -0.15) is 0 Å². The van der Waals surface area contributed by atoms with Gasteiger partial charge in [-0.1, -0.05) is 18.5 Å². The second-order valence-electron chi connectivity index (χ2n) is 5.38. The number of rotatable bonds is 5. The fourth-order valence-corrected chi connectivity index (χ4v) is 2.47. The second-order valence-corrected chi connectivity index (χ2v) is 5.82. The van der Waals surface area contributed by atoms with E-state index < -0.39 is 11.9 Å². The first kappa shape index (κ1) is 15.6. The van der Waals surface area contributed by atoms with Crippen molar-refractivity contribution in [3.63, 3.8) is 0 Å². The molecule has 1 N–H and O–H groups in total. The van der Waals surface area contributed by atoms with Crippen LogP contribution in [0.5, 0.6) is 5.75 Å². The number of hydrogen-bond donors (Lipinski definition) is 1. The third kappa shape index (κ3) is 3.67. The number of likely N-dealkylation sites (tertiary alicyclic amines) is 1. The Morgan fingerprint density at radius 3 is 2.71 bits per heavy atom. The van der Waals surface area contributed by atoms with Gasteiger partial charge in [0.2, 0.25) is 0 Å². The fraction of sp³-hybridized carbons (Fsp3) is 0.467. The van der Waals surface area contributed by atoms with Crippen molar-refractivity contribution in [2.75, 3.05) is 19.7 Å². The molecule has 0 radical (unpaired) electrons. The monoisotopic (exact) mass is 311 g/mol. The molecule has 2 rings (SSSR count). The number of carbonyl (C=O) groups is 2. The molecule has 1 heterocycles. The molecule has 1 aromatic rings. The highest BCUT2D eigenvalue weighted by Crippen LogP contribution is 2.25. The van der Waals surface area contributed by atoms with Crippen LogP contribution < -0.4 is 4.74 Å². The van der Waals surface area contributed by atoms with Gasteiger partial charge in [-0.25, -0.2) is 0 Å². The molecule has 1 atom stereocenters. The van der Waals surface area contributed by atoms with Crippen molar-refractivity contribution in [1.29, 1.82) is 0 Å². The SMILES string of the molecule is Cc1cc(Cl)ccc1OCC(=O)N1CC(C(C)C(=O)O)C1. The van der Waals surface area contributed by atoms with Crippen LogP contribution in [0.1, 0.15) is 12.5 Å². The molecule has 6 heteroatoms. The summed E-state index contributed by atoms with van der Waals surface area (Å²) in [4.78, 5) is 24.4. The lowest BCUT2D eigenvalue weighted by Crippen LogP contribution is -2.54. The summed E-state index contributed by atoms with van der Waals surface area (Å²) < 4.78 is 5.49. The number of halogens is 1. The van der Waals surface area contributed by atoms with Crippen LogP contribution in [0.2, 0.25) is 5.02 Å². The van der Waals surface area contributed by atoms with Crippen LogP contribution in [0.4, 0.5) is 0 Å². The number of amides is 1. The fourth-order valence-electron chi connectivity index (χ4n) is 2.24. The van der Waals surface area contributed by atoms with Gasteiger partial charge in [0.05, 0.1) is 5.92 Å². The summed E-state index contributed by atoms with van der Waals surface area (Å²) in [6.07, 6.45) is 0. The van der Waals surface area contributed by atoms with Crippen LogP contribution in [-0.2, 0) is 9.59 Å². The van der Waals surface area contributed by atoms with Gasteiger partial charge in [0.25, 0.3) is 5.91 Å². The van der Waals surface area contributed by atoms with E-state index in [1.165, 1.54) is 0 Å². The molecule has 0 aromatic heterocycles. The van der Waals surface area contributed by atoms with E-state index >= 15 is 0 Å². The van der Waals surface area contributed by atoms with Crippen LogP contribution in [0.25, 0.3) is 0 Å². The third-order valence-corrected chi connectivity index (χ3v) is 4.08. The summed E-state index contributed by atoms with van der Waals surface area (Å²) >= 11 is 5.85. The Hall–Kier alpha value is -1.75. The van der Waals surface area contributed by atoms with E-state index in [1.807, 2.05) is 6.92 Å². The Bertz CT molecular complexity index is 555. The van der Waals surface area contributed by atoms with Crippen molar-refractivity contribution < 1.29 is 19.4 Å². The molecule has 0 bridgehead atoms. The largest absolute Gasteiger partial charge is 0.483 e. The average molecular weight is 312 g/mol. The number of hydrogen-bond acceptors (Lipinski definition) is 3. The minimum atomic E-state index is -0.819. The van der Waals surface area contributed by atoms with Gasteiger partial charge >= 0.3 is 5.97 Å². The summed E-state index contributed by atoms with van der Waals surface area (Å²) in [7, 11) is 0. The Morgan fingerprint density at radius 2 is 2.14 bits per heavy atom.